The smallest absolute Gasteiger partial charge is 0.231 e. The molecule has 20 heavy (non-hydrogen) atoms. The first kappa shape index (κ1) is 13.9. The van der Waals surface area contributed by atoms with Crippen molar-refractivity contribution in [3.05, 3.63) is 34.1 Å². The van der Waals surface area contributed by atoms with Gasteiger partial charge in [0.25, 0.3) is 0 Å². The van der Waals surface area contributed by atoms with Gasteiger partial charge in [-0.15, -0.1) is 0 Å². The summed E-state index contributed by atoms with van der Waals surface area (Å²) in [6, 6.07) is 5.66. The summed E-state index contributed by atoms with van der Waals surface area (Å²) in [6.07, 6.45) is 2.16. The van der Waals surface area contributed by atoms with Crippen LogP contribution in [0.25, 0.3) is 11.4 Å². The van der Waals surface area contributed by atoms with Crippen LogP contribution in [0.2, 0.25) is 10.0 Å². The lowest BCUT2D eigenvalue weighted by atomic mass is 9.92. The summed E-state index contributed by atoms with van der Waals surface area (Å²) in [6.45, 7) is 3.17. The molecule has 1 aliphatic heterocycles. The number of nitrogens with zero attached hydrogens (tertiary/aromatic N) is 2. The van der Waals surface area contributed by atoms with Gasteiger partial charge in [0, 0.05) is 6.04 Å². The van der Waals surface area contributed by atoms with Crippen molar-refractivity contribution in [2.45, 2.75) is 31.7 Å². The van der Waals surface area contributed by atoms with Gasteiger partial charge in [-0.05, 0) is 38.4 Å². The summed E-state index contributed by atoms with van der Waals surface area (Å²) in [5.74, 6) is 1.34. The molecule has 0 unspecified atom stereocenters. The van der Waals surface area contributed by atoms with Gasteiger partial charge in [0.15, 0.2) is 0 Å². The Morgan fingerprint density at radius 3 is 2.75 bits per heavy atom. The number of halogens is 2. The fourth-order valence-electron chi connectivity index (χ4n) is 2.58. The first-order valence-corrected chi connectivity index (χ1v) is 7.44. The molecule has 3 rings (SSSR count). The highest BCUT2D eigenvalue weighted by atomic mass is 35.5. The second-order valence-electron chi connectivity index (χ2n) is 5.04. The Morgan fingerprint density at radius 1 is 1.30 bits per heavy atom. The van der Waals surface area contributed by atoms with Crippen LogP contribution in [0.3, 0.4) is 0 Å². The first-order chi connectivity index (χ1) is 9.66. The minimum absolute atomic E-state index is 0.242. The van der Waals surface area contributed by atoms with E-state index in [1.165, 1.54) is 0 Å². The molecule has 1 fully saturated rings. The Hall–Kier alpha value is -1.10. The SMILES string of the molecule is C[C@H]1NCCC[C@H]1c1nc(-c2c(Cl)cccc2Cl)no1. The number of aromatic nitrogens is 2. The van der Waals surface area contributed by atoms with E-state index in [2.05, 4.69) is 22.4 Å². The molecular formula is C14H15Cl2N3O. The van der Waals surface area contributed by atoms with E-state index in [4.69, 9.17) is 27.7 Å². The molecule has 0 radical (unpaired) electrons. The summed E-state index contributed by atoms with van der Waals surface area (Å²) < 4.78 is 5.42. The van der Waals surface area contributed by atoms with Gasteiger partial charge in [-0.2, -0.15) is 4.98 Å². The van der Waals surface area contributed by atoms with Crippen molar-refractivity contribution in [1.82, 2.24) is 15.5 Å². The molecule has 0 spiro atoms. The number of piperidine rings is 1. The zero-order chi connectivity index (χ0) is 14.1. The van der Waals surface area contributed by atoms with Crippen LogP contribution in [0, 0.1) is 0 Å². The van der Waals surface area contributed by atoms with Gasteiger partial charge in [0.2, 0.25) is 11.7 Å². The van der Waals surface area contributed by atoms with E-state index in [1.807, 2.05) is 0 Å². The van der Waals surface area contributed by atoms with E-state index < -0.39 is 0 Å². The van der Waals surface area contributed by atoms with E-state index in [9.17, 15) is 0 Å². The summed E-state index contributed by atoms with van der Waals surface area (Å²) in [5, 5.41) is 8.51. The quantitative estimate of drug-likeness (QED) is 0.914. The molecule has 1 N–H and O–H groups in total. The number of hydrogen-bond acceptors (Lipinski definition) is 4. The standard InChI is InChI=1S/C14H15Cl2N3O/c1-8-9(4-3-7-17-8)14-18-13(19-20-14)12-10(15)5-2-6-11(12)16/h2,5-6,8-9,17H,3-4,7H2,1H3/t8-,9-/m1/s1. The van der Waals surface area contributed by atoms with Gasteiger partial charge in [0.1, 0.15) is 0 Å². The van der Waals surface area contributed by atoms with Gasteiger partial charge in [-0.25, -0.2) is 0 Å². The van der Waals surface area contributed by atoms with Gasteiger partial charge >= 0.3 is 0 Å². The Labute approximate surface area is 127 Å². The number of nitrogens with one attached hydrogen (secondary N) is 1. The average molecular weight is 312 g/mol. The zero-order valence-electron chi connectivity index (χ0n) is 11.1. The molecule has 106 valence electrons. The van der Waals surface area contributed by atoms with Crippen molar-refractivity contribution >= 4 is 23.2 Å². The highest BCUT2D eigenvalue weighted by molar-refractivity contribution is 6.38. The molecule has 1 aromatic heterocycles. The first-order valence-electron chi connectivity index (χ1n) is 6.68. The van der Waals surface area contributed by atoms with Crippen LogP contribution in [0.4, 0.5) is 0 Å². The van der Waals surface area contributed by atoms with Crippen molar-refractivity contribution in [2.24, 2.45) is 0 Å². The lowest BCUT2D eigenvalue weighted by molar-refractivity contribution is 0.284. The summed E-state index contributed by atoms with van der Waals surface area (Å²) in [7, 11) is 0. The van der Waals surface area contributed by atoms with E-state index in [1.54, 1.807) is 18.2 Å². The lowest BCUT2D eigenvalue weighted by Gasteiger charge is -2.26. The molecule has 2 aromatic rings. The maximum atomic E-state index is 6.17. The highest BCUT2D eigenvalue weighted by Gasteiger charge is 2.28. The maximum Gasteiger partial charge on any atom is 0.231 e. The Morgan fingerprint density at radius 2 is 2.05 bits per heavy atom. The largest absolute Gasteiger partial charge is 0.339 e. The van der Waals surface area contributed by atoms with Crippen molar-refractivity contribution < 1.29 is 4.52 Å². The van der Waals surface area contributed by atoms with Crippen molar-refractivity contribution in [1.29, 1.82) is 0 Å². The van der Waals surface area contributed by atoms with E-state index in [-0.39, 0.29) is 5.92 Å². The molecular weight excluding hydrogens is 297 g/mol. The van der Waals surface area contributed by atoms with Crippen molar-refractivity contribution in [2.75, 3.05) is 6.54 Å². The van der Waals surface area contributed by atoms with Gasteiger partial charge in [-0.3, -0.25) is 0 Å². The number of hydrogen-bond donors (Lipinski definition) is 1. The molecule has 6 heteroatoms. The van der Waals surface area contributed by atoms with Crippen LogP contribution in [0.1, 0.15) is 31.6 Å². The van der Waals surface area contributed by atoms with Crippen LogP contribution >= 0.6 is 23.2 Å². The minimum atomic E-state index is 0.242. The van der Waals surface area contributed by atoms with Crippen LogP contribution in [-0.2, 0) is 0 Å². The van der Waals surface area contributed by atoms with E-state index >= 15 is 0 Å². The summed E-state index contributed by atoms with van der Waals surface area (Å²) in [5.41, 5.74) is 0.627. The molecule has 0 saturated carbocycles. The summed E-state index contributed by atoms with van der Waals surface area (Å²) in [4.78, 5) is 4.49. The predicted molar refractivity (Wildman–Crippen MR) is 79.2 cm³/mol. The van der Waals surface area contributed by atoms with Crippen LogP contribution in [0.15, 0.2) is 22.7 Å². The third-order valence-electron chi connectivity index (χ3n) is 3.71. The number of rotatable bonds is 2. The second kappa shape index (κ2) is 5.72. The Balaban J connectivity index is 1.94. The van der Waals surface area contributed by atoms with Crippen molar-refractivity contribution in [3.8, 4) is 11.4 Å². The predicted octanol–water partition coefficient (Wildman–Crippen LogP) is 3.90. The number of benzene rings is 1. The van der Waals surface area contributed by atoms with Crippen molar-refractivity contribution in [3.63, 3.8) is 0 Å². The van der Waals surface area contributed by atoms with Crippen LogP contribution < -0.4 is 5.32 Å². The van der Waals surface area contributed by atoms with Gasteiger partial charge < -0.3 is 9.84 Å². The third kappa shape index (κ3) is 2.55. The van der Waals surface area contributed by atoms with E-state index in [0.717, 1.165) is 19.4 Å². The molecule has 0 bridgehead atoms. The second-order valence-corrected chi connectivity index (χ2v) is 5.86. The minimum Gasteiger partial charge on any atom is -0.339 e. The molecule has 0 amide bonds. The highest BCUT2D eigenvalue weighted by Crippen LogP contribution is 2.34. The summed E-state index contributed by atoms with van der Waals surface area (Å²) >= 11 is 12.3. The molecule has 1 aliphatic rings. The van der Waals surface area contributed by atoms with Crippen LogP contribution in [-0.4, -0.2) is 22.7 Å². The molecule has 1 saturated heterocycles. The van der Waals surface area contributed by atoms with Gasteiger partial charge in [0.05, 0.1) is 21.5 Å². The van der Waals surface area contributed by atoms with E-state index in [0.29, 0.717) is 33.4 Å². The molecule has 0 aliphatic carbocycles. The van der Waals surface area contributed by atoms with Crippen LogP contribution in [0.5, 0.6) is 0 Å². The molecule has 4 nitrogen and oxygen atoms in total. The lowest BCUT2D eigenvalue weighted by Crippen LogP contribution is -2.37. The average Bonchev–Trinajstić information content (AvgIpc) is 2.88. The molecule has 1 aromatic carbocycles. The normalized spacial score (nSPS) is 22.9. The molecule has 2 heterocycles. The fraction of sp³-hybridized carbons (Fsp3) is 0.429. The zero-order valence-corrected chi connectivity index (χ0v) is 12.6. The fourth-order valence-corrected chi connectivity index (χ4v) is 3.15. The monoisotopic (exact) mass is 311 g/mol. The topological polar surface area (TPSA) is 51.0 Å². The van der Waals surface area contributed by atoms with Gasteiger partial charge in [-0.1, -0.05) is 34.4 Å². The maximum absolute atomic E-state index is 6.17. The third-order valence-corrected chi connectivity index (χ3v) is 4.34. The Kier molecular flexibility index (Phi) is 3.96. The Bertz CT molecular complexity index is 594. The molecule has 2 atom stereocenters.